The lowest BCUT2D eigenvalue weighted by atomic mass is 9.57. The predicted molar refractivity (Wildman–Crippen MR) is 76.7 cm³/mol. The van der Waals surface area contributed by atoms with E-state index in [4.69, 9.17) is 4.74 Å². The first-order chi connectivity index (χ1) is 9.20. The van der Waals surface area contributed by atoms with E-state index < -0.39 is 0 Å². The third-order valence-corrected chi connectivity index (χ3v) is 5.83. The molecule has 19 heavy (non-hydrogen) atoms. The van der Waals surface area contributed by atoms with Crippen LogP contribution in [-0.2, 0) is 6.42 Å². The number of likely N-dealkylation sites (tertiary alicyclic amines) is 1. The van der Waals surface area contributed by atoms with Crippen LogP contribution in [0.4, 0.5) is 0 Å². The minimum atomic E-state index is 0.583. The van der Waals surface area contributed by atoms with E-state index in [0.29, 0.717) is 5.41 Å². The van der Waals surface area contributed by atoms with Crippen molar-refractivity contribution in [3.8, 4) is 5.75 Å². The highest BCUT2D eigenvalue weighted by Gasteiger charge is 2.51. The number of fused-ring (bicyclic) bond motifs is 3. The van der Waals surface area contributed by atoms with Gasteiger partial charge in [0.15, 0.2) is 0 Å². The normalized spacial score (nSPS) is 36.7. The number of hydrogen-bond acceptors (Lipinski definition) is 2. The minimum absolute atomic E-state index is 0.583. The van der Waals surface area contributed by atoms with Gasteiger partial charge in [-0.05, 0) is 73.2 Å². The molecule has 0 N–H and O–H groups in total. The van der Waals surface area contributed by atoms with Crippen LogP contribution in [0.2, 0.25) is 0 Å². The first-order valence-electron chi connectivity index (χ1n) is 7.55. The van der Waals surface area contributed by atoms with Gasteiger partial charge in [0.1, 0.15) is 5.75 Å². The zero-order valence-corrected chi connectivity index (χ0v) is 12.0. The van der Waals surface area contributed by atoms with E-state index in [9.17, 15) is 0 Å². The zero-order chi connectivity index (χ0) is 13.0. The van der Waals surface area contributed by atoms with Gasteiger partial charge >= 0.3 is 0 Å². The summed E-state index contributed by atoms with van der Waals surface area (Å²) in [6.07, 6.45) is 5.49. The van der Waals surface area contributed by atoms with Gasteiger partial charge in [-0.2, -0.15) is 0 Å². The van der Waals surface area contributed by atoms with E-state index >= 15 is 0 Å². The van der Waals surface area contributed by atoms with Crippen molar-refractivity contribution in [3.05, 3.63) is 29.3 Å². The van der Waals surface area contributed by atoms with Gasteiger partial charge in [-0.3, -0.25) is 0 Å². The van der Waals surface area contributed by atoms with E-state index in [0.717, 1.165) is 17.6 Å². The van der Waals surface area contributed by atoms with Gasteiger partial charge in [-0.1, -0.05) is 6.07 Å². The van der Waals surface area contributed by atoms with Crippen LogP contribution in [0.5, 0.6) is 5.75 Å². The maximum Gasteiger partial charge on any atom is 0.119 e. The van der Waals surface area contributed by atoms with Gasteiger partial charge in [0.05, 0.1) is 7.11 Å². The smallest absolute Gasteiger partial charge is 0.119 e. The maximum atomic E-state index is 5.41. The Kier molecular flexibility index (Phi) is 2.47. The molecule has 2 heteroatoms. The number of methoxy groups -OCH3 is 1. The average Bonchev–Trinajstić information content (AvgIpc) is 2.72. The fraction of sp³-hybridized carbons (Fsp3) is 0.647. The van der Waals surface area contributed by atoms with Gasteiger partial charge in [0.25, 0.3) is 0 Å². The summed E-state index contributed by atoms with van der Waals surface area (Å²) in [7, 11) is 4.07. The molecule has 3 aliphatic rings. The van der Waals surface area contributed by atoms with Gasteiger partial charge in [0.2, 0.25) is 0 Å². The molecule has 0 radical (unpaired) electrons. The summed E-state index contributed by atoms with van der Waals surface area (Å²) in [5, 5.41) is 0. The van der Waals surface area contributed by atoms with E-state index in [1.165, 1.54) is 38.8 Å². The summed E-state index contributed by atoms with van der Waals surface area (Å²) in [4.78, 5) is 2.56. The summed E-state index contributed by atoms with van der Waals surface area (Å²) in [5.41, 5.74) is 3.76. The summed E-state index contributed by atoms with van der Waals surface area (Å²) in [6, 6.07) is 6.76. The molecule has 0 aromatic heterocycles. The van der Waals surface area contributed by atoms with Crippen molar-refractivity contribution in [1.82, 2.24) is 4.90 Å². The SMILES string of the molecule is COc1ccc2c(c1)C1CC[C@H]3CN(C)C[C@@]3(C2)C1. The molecular formula is C17H23NO. The Balaban J connectivity index is 1.76. The number of hydrogen-bond donors (Lipinski definition) is 0. The number of benzene rings is 1. The fourth-order valence-corrected chi connectivity index (χ4v) is 5.08. The third-order valence-electron chi connectivity index (χ3n) is 5.83. The van der Waals surface area contributed by atoms with Crippen molar-refractivity contribution < 1.29 is 4.74 Å². The lowest BCUT2D eigenvalue weighted by molar-refractivity contribution is 0.115. The summed E-state index contributed by atoms with van der Waals surface area (Å²) in [5.74, 6) is 2.74. The highest BCUT2D eigenvalue weighted by atomic mass is 16.5. The average molecular weight is 257 g/mol. The lowest BCUT2D eigenvalue weighted by Gasteiger charge is -2.47. The second-order valence-electron chi connectivity index (χ2n) is 6.98. The molecule has 3 atom stereocenters. The molecule has 2 nitrogen and oxygen atoms in total. The lowest BCUT2D eigenvalue weighted by Crippen LogP contribution is -2.41. The van der Waals surface area contributed by atoms with E-state index in [1.807, 2.05) is 0 Å². The number of nitrogens with zero attached hydrogens (tertiary/aromatic N) is 1. The molecule has 102 valence electrons. The zero-order valence-electron chi connectivity index (χ0n) is 12.0. The second-order valence-corrected chi connectivity index (χ2v) is 6.98. The van der Waals surface area contributed by atoms with Crippen molar-refractivity contribution in [2.75, 3.05) is 27.2 Å². The molecule has 1 unspecified atom stereocenters. The van der Waals surface area contributed by atoms with Gasteiger partial charge in [-0.25, -0.2) is 0 Å². The van der Waals surface area contributed by atoms with Crippen LogP contribution in [-0.4, -0.2) is 32.1 Å². The Morgan fingerprint density at radius 3 is 3.05 bits per heavy atom. The van der Waals surface area contributed by atoms with Crippen molar-refractivity contribution >= 4 is 0 Å². The number of ether oxygens (including phenoxy) is 1. The Hall–Kier alpha value is -1.02. The highest BCUT2D eigenvalue weighted by Crippen LogP contribution is 2.57. The Morgan fingerprint density at radius 1 is 1.32 bits per heavy atom. The van der Waals surface area contributed by atoms with Crippen molar-refractivity contribution in [3.63, 3.8) is 0 Å². The molecule has 1 aromatic rings. The molecule has 1 aromatic carbocycles. The second kappa shape index (κ2) is 3.99. The fourth-order valence-electron chi connectivity index (χ4n) is 5.08. The summed E-state index contributed by atoms with van der Waals surface area (Å²) < 4.78 is 5.41. The molecule has 2 aliphatic carbocycles. The third kappa shape index (κ3) is 1.66. The topological polar surface area (TPSA) is 12.5 Å². The first kappa shape index (κ1) is 11.8. The van der Waals surface area contributed by atoms with E-state index in [1.54, 1.807) is 18.2 Å². The quantitative estimate of drug-likeness (QED) is 0.766. The molecule has 0 amide bonds. The van der Waals surface area contributed by atoms with E-state index in [-0.39, 0.29) is 0 Å². The van der Waals surface area contributed by atoms with Crippen LogP contribution < -0.4 is 4.74 Å². The van der Waals surface area contributed by atoms with Crippen molar-refractivity contribution in [1.29, 1.82) is 0 Å². The summed E-state index contributed by atoms with van der Waals surface area (Å²) in [6.45, 7) is 2.62. The van der Waals surface area contributed by atoms with Crippen molar-refractivity contribution in [2.24, 2.45) is 11.3 Å². The van der Waals surface area contributed by atoms with Crippen LogP contribution in [0.3, 0.4) is 0 Å². The van der Waals surface area contributed by atoms with Crippen molar-refractivity contribution in [2.45, 2.75) is 31.6 Å². The first-order valence-corrected chi connectivity index (χ1v) is 7.55. The molecular weight excluding hydrogens is 234 g/mol. The Morgan fingerprint density at radius 2 is 2.21 bits per heavy atom. The van der Waals surface area contributed by atoms with Gasteiger partial charge in [0, 0.05) is 13.1 Å². The molecule has 2 fully saturated rings. The molecule has 2 bridgehead atoms. The molecule has 4 rings (SSSR count). The number of rotatable bonds is 1. The largest absolute Gasteiger partial charge is 0.497 e. The maximum absolute atomic E-state index is 5.41. The summed E-state index contributed by atoms with van der Waals surface area (Å²) >= 11 is 0. The predicted octanol–water partition coefficient (Wildman–Crippen LogP) is 3.07. The van der Waals surface area contributed by atoms with Gasteiger partial charge < -0.3 is 9.64 Å². The Labute approximate surface area is 115 Å². The molecule has 1 saturated heterocycles. The molecule has 1 aliphatic heterocycles. The van der Waals surface area contributed by atoms with Crippen LogP contribution >= 0.6 is 0 Å². The monoisotopic (exact) mass is 257 g/mol. The Bertz CT molecular complexity index is 512. The van der Waals surface area contributed by atoms with Crippen LogP contribution in [0.15, 0.2) is 18.2 Å². The standard InChI is InChI=1S/C17H23NO/c1-18-10-14-5-3-12-8-17(14,11-18)9-13-4-6-15(19-2)7-16(12)13/h4,6-7,12,14H,3,5,8-11H2,1-2H3/t12?,14-,17-/m0/s1. The highest BCUT2D eigenvalue weighted by molar-refractivity contribution is 5.42. The molecule has 1 heterocycles. The van der Waals surface area contributed by atoms with Crippen LogP contribution in [0.25, 0.3) is 0 Å². The van der Waals surface area contributed by atoms with E-state index in [2.05, 4.69) is 30.1 Å². The minimum Gasteiger partial charge on any atom is -0.497 e. The molecule has 1 saturated carbocycles. The van der Waals surface area contributed by atoms with Crippen LogP contribution in [0.1, 0.15) is 36.3 Å². The van der Waals surface area contributed by atoms with Gasteiger partial charge in [-0.15, -0.1) is 0 Å². The molecule has 1 spiro atoms. The van der Waals surface area contributed by atoms with Crippen LogP contribution in [0, 0.1) is 11.3 Å².